The molecule has 32 heavy (non-hydrogen) atoms. The number of hydrogen-bond acceptors (Lipinski definition) is 5. The van der Waals surface area contributed by atoms with Crippen molar-refractivity contribution in [3.8, 4) is 0 Å². The van der Waals surface area contributed by atoms with Crippen LogP contribution < -0.4 is 15.1 Å². The van der Waals surface area contributed by atoms with Gasteiger partial charge >= 0.3 is 0 Å². The van der Waals surface area contributed by atoms with Crippen LogP contribution in [0.5, 0.6) is 0 Å². The minimum absolute atomic E-state index is 0.0837. The number of amides is 1. The molecule has 3 fully saturated rings. The predicted molar refractivity (Wildman–Crippen MR) is 122 cm³/mol. The molecule has 1 amide bonds. The van der Waals surface area contributed by atoms with Crippen molar-refractivity contribution in [2.75, 3.05) is 25.5 Å². The van der Waals surface area contributed by atoms with Gasteiger partial charge in [-0.05, 0) is 5.92 Å². The summed E-state index contributed by atoms with van der Waals surface area (Å²) in [5, 5.41) is 14.4. The van der Waals surface area contributed by atoms with Crippen molar-refractivity contribution in [3.63, 3.8) is 0 Å². The molecule has 6 rings (SSSR count). The fourth-order valence-corrected chi connectivity index (χ4v) is 5.88. The van der Waals surface area contributed by atoms with Gasteiger partial charge < -0.3 is 15.1 Å². The molecule has 3 aliphatic rings. The lowest BCUT2D eigenvalue weighted by molar-refractivity contribution is -0.945. The van der Waals surface area contributed by atoms with Gasteiger partial charge in [-0.2, -0.15) is 0 Å². The summed E-state index contributed by atoms with van der Waals surface area (Å²) in [5.41, 5.74) is 2.37. The van der Waals surface area contributed by atoms with E-state index >= 15 is 0 Å². The fourth-order valence-electron chi connectivity index (χ4n) is 5.35. The zero-order valence-electron chi connectivity index (χ0n) is 18.4. The zero-order chi connectivity index (χ0) is 21.9. The highest BCUT2D eigenvalue weighted by Gasteiger charge is 2.46. The Kier molecular flexibility index (Phi) is 6.29. The van der Waals surface area contributed by atoms with Gasteiger partial charge in [-0.15, -0.1) is 16.4 Å². The molecule has 0 saturated carbocycles. The first kappa shape index (κ1) is 21.2. The number of anilines is 1. The lowest BCUT2D eigenvalue weighted by Crippen LogP contribution is -3.20. The molecule has 0 spiro atoms. The Bertz CT molecular complexity index is 1020. The quantitative estimate of drug-likeness (QED) is 0.444. The summed E-state index contributed by atoms with van der Waals surface area (Å²) in [6.07, 6.45) is 6.02. The van der Waals surface area contributed by atoms with Crippen LogP contribution >= 0.6 is 11.3 Å². The molecule has 0 radical (unpaired) electrons. The number of quaternary nitrogens is 2. The Morgan fingerprint density at radius 2 is 2.19 bits per heavy atom. The predicted octanol–water partition coefficient (Wildman–Crippen LogP) is -0.118. The van der Waals surface area contributed by atoms with Crippen molar-refractivity contribution in [1.29, 1.82) is 0 Å². The molecular formula is C23H31N7OS+2. The molecule has 2 bridgehead atoms. The standard InChI is InChI=1S/C23H29N7OS/c1-28(12-17-5-3-2-4-6-17)13-19-14-30(27-26-19)15-20-11-18-7-9-29(20)16-21(18)22(31)25-23-24-8-10-32-23/h2-6,8,10,14,18,20-21H,7,9,11-13,15-16H2,1H3,(H,24,25,31)/p+2/t18-,20+,21-/m0/s1. The summed E-state index contributed by atoms with van der Waals surface area (Å²) < 4.78 is 2.01. The second-order valence-corrected chi connectivity index (χ2v) is 10.1. The maximum atomic E-state index is 12.8. The number of carbonyl (C=O) groups excluding carboxylic acids is 1. The SMILES string of the molecule is C[NH+](Cc1ccccc1)Cc1cn(C[C@H]2C[C@@H]3CC[NH+]2C[C@@H]3C(=O)Nc2nccs2)nn1. The summed E-state index contributed by atoms with van der Waals surface area (Å²) >= 11 is 1.47. The van der Waals surface area contributed by atoms with Gasteiger partial charge in [0.25, 0.3) is 0 Å². The normalized spacial score (nSPS) is 25.5. The maximum Gasteiger partial charge on any atom is 0.235 e. The van der Waals surface area contributed by atoms with Gasteiger partial charge in [0.05, 0.1) is 38.8 Å². The van der Waals surface area contributed by atoms with E-state index in [4.69, 9.17) is 0 Å². The van der Waals surface area contributed by atoms with E-state index in [1.165, 1.54) is 26.7 Å². The van der Waals surface area contributed by atoms with Crippen LogP contribution in [0.2, 0.25) is 0 Å². The van der Waals surface area contributed by atoms with Crippen LogP contribution in [0.15, 0.2) is 48.1 Å². The first-order valence-electron chi connectivity index (χ1n) is 11.4. The smallest absolute Gasteiger partial charge is 0.235 e. The molecule has 2 unspecified atom stereocenters. The molecule has 3 N–H and O–H groups in total. The Hall–Kier alpha value is -2.62. The Labute approximate surface area is 192 Å². The minimum Gasteiger partial charge on any atom is -0.330 e. The van der Waals surface area contributed by atoms with Crippen molar-refractivity contribution in [3.05, 3.63) is 59.4 Å². The van der Waals surface area contributed by atoms with Crippen molar-refractivity contribution >= 4 is 22.4 Å². The van der Waals surface area contributed by atoms with E-state index < -0.39 is 0 Å². The van der Waals surface area contributed by atoms with Crippen LogP contribution in [0.4, 0.5) is 5.13 Å². The lowest BCUT2D eigenvalue weighted by atomic mass is 9.75. The highest BCUT2D eigenvalue weighted by atomic mass is 32.1. The van der Waals surface area contributed by atoms with Crippen LogP contribution in [0, 0.1) is 11.8 Å². The molecule has 3 saturated heterocycles. The number of aromatic nitrogens is 4. The molecule has 3 aromatic rings. The van der Waals surface area contributed by atoms with Crippen molar-refractivity contribution in [2.45, 2.75) is 38.5 Å². The summed E-state index contributed by atoms with van der Waals surface area (Å²) in [4.78, 5) is 19.9. The number of nitrogens with one attached hydrogen (secondary N) is 3. The number of thiazole rings is 1. The van der Waals surface area contributed by atoms with Crippen LogP contribution in [-0.2, 0) is 24.4 Å². The maximum absolute atomic E-state index is 12.8. The van der Waals surface area contributed by atoms with Crippen LogP contribution in [0.3, 0.4) is 0 Å². The minimum atomic E-state index is 0.0837. The topological polar surface area (TPSA) is 81.6 Å². The molecule has 5 atom stereocenters. The molecular weight excluding hydrogens is 422 g/mol. The Morgan fingerprint density at radius 3 is 2.94 bits per heavy atom. The molecule has 3 aliphatic heterocycles. The lowest BCUT2D eigenvalue weighted by Gasteiger charge is -2.46. The summed E-state index contributed by atoms with van der Waals surface area (Å²) in [6.45, 7) is 4.75. The monoisotopic (exact) mass is 453 g/mol. The number of nitrogens with zero attached hydrogens (tertiary/aromatic N) is 4. The highest BCUT2D eigenvalue weighted by molar-refractivity contribution is 7.13. The van der Waals surface area contributed by atoms with Crippen molar-refractivity contribution in [2.24, 2.45) is 11.8 Å². The average molecular weight is 454 g/mol. The van der Waals surface area contributed by atoms with Gasteiger partial charge in [-0.1, -0.05) is 35.5 Å². The third kappa shape index (κ3) is 4.90. The zero-order valence-corrected chi connectivity index (χ0v) is 19.2. The first-order valence-corrected chi connectivity index (χ1v) is 12.3. The average Bonchev–Trinajstić information content (AvgIpc) is 3.47. The molecule has 1 aromatic carbocycles. The third-order valence-electron chi connectivity index (χ3n) is 6.88. The van der Waals surface area contributed by atoms with Gasteiger partial charge in [0.2, 0.25) is 5.91 Å². The van der Waals surface area contributed by atoms with E-state index in [0.717, 1.165) is 51.3 Å². The van der Waals surface area contributed by atoms with Gasteiger partial charge in [-0.25, -0.2) is 9.67 Å². The fraction of sp³-hybridized carbons (Fsp3) is 0.478. The van der Waals surface area contributed by atoms with E-state index in [0.29, 0.717) is 17.1 Å². The van der Waals surface area contributed by atoms with E-state index in [-0.39, 0.29) is 11.8 Å². The molecule has 2 aromatic heterocycles. The van der Waals surface area contributed by atoms with E-state index in [1.807, 2.05) is 10.1 Å². The van der Waals surface area contributed by atoms with E-state index in [1.54, 1.807) is 6.20 Å². The molecule has 8 nitrogen and oxygen atoms in total. The summed E-state index contributed by atoms with van der Waals surface area (Å²) in [5.74, 6) is 0.662. The number of benzene rings is 1. The third-order valence-corrected chi connectivity index (χ3v) is 7.56. The van der Waals surface area contributed by atoms with Gasteiger partial charge in [0.15, 0.2) is 5.13 Å². The summed E-state index contributed by atoms with van der Waals surface area (Å²) in [7, 11) is 2.19. The number of rotatable bonds is 8. The first-order chi connectivity index (χ1) is 15.6. The van der Waals surface area contributed by atoms with E-state index in [9.17, 15) is 4.79 Å². The Balaban J connectivity index is 1.14. The second kappa shape index (κ2) is 9.48. The number of piperidine rings is 3. The second-order valence-electron chi connectivity index (χ2n) is 9.25. The van der Waals surface area contributed by atoms with E-state index in [2.05, 4.69) is 64.2 Å². The van der Waals surface area contributed by atoms with Crippen LogP contribution in [0.1, 0.15) is 24.1 Å². The van der Waals surface area contributed by atoms with Crippen LogP contribution in [-0.4, -0.2) is 52.1 Å². The molecule has 0 aliphatic carbocycles. The van der Waals surface area contributed by atoms with Gasteiger partial charge in [-0.3, -0.25) is 4.79 Å². The molecule has 5 heterocycles. The number of carbonyl (C=O) groups is 1. The largest absolute Gasteiger partial charge is 0.330 e. The van der Waals surface area contributed by atoms with Gasteiger partial charge in [0.1, 0.15) is 24.8 Å². The number of hydrogen-bond donors (Lipinski definition) is 3. The molecule has 9 heteroatoms. The highest BCUT2D eigenvalue weighted by Crippen LogP contribution is 2.28. The van der Waals surface area contributed by atoms with Crippen molar-refractivity contribution < 1.29 is 14.6 Å². The number of fused-ring (bicyclic) bond motifs is 3. The summed E-state index contributed by atoms with van der Waals surface area (Å²) in [6, 6.07) is 11.1. The van der Waals surface area contributed by atoms with Crippen LogP contribution in [0.25, 0.3) is 0 Å². The molecule has 168 valence electrons. The van der Waals surface area contributed by atoms with Crippen molar-refractivity contribution in [1.82, 2.24) is 20.0 Å². The Morgan fingerprint density at radius 1 is 1.31 bits per heavy atom. The van der Waals surface area contributed by atoms with Gasteiger partial charge in [0, 0.05) is 30.0 Å².